The van der Waals surface area contributed by atoms with Crippen molar-refractivity contribution in [2.45, 2.75) is 39.7 Å². The predicted molar refractivity (Wildman–Crippen MR) is 89.2 cm³/mol. The molecule has 8 heteroatoms. The van der Waals surface area contributed by atoms with Crippen LogP contribution in [0.3, 0.4) is 0 Å². The summed E-state index contributed by atoms with van der Waals surface area (Å²) in [5.41, 5.74) is 0. The summed E-state index contributed by atoms with van der Waals surface area (Å²) >= 11 is 0. The summed E-state index contributed by atoms with van der Waals surface area (Å²) in [7, 11) is 0. The minimum Gasteiger partial charge on any atom is -0.357 e. The minimum atomic E-state index is 0.104. The van der Waals surface area contributed by atoms with E-state index in [1.54, 1.807) is 6.33 Å². The maximum absolute atomic E-state index is 12.0. The first-order valence-corrected chi connectivity index (χ1v) is 8.41. The standard InChI is InChI=1S/C15H27N7O/c1-3-13-20-19-12-22(13)10-7-17-15(16-4-2)18-11-14(23)21-8-5-6-9-21/h12H,3-11H2,1-2H3,(H2,16,17,18). The monoisotopic (exact) mass is 321 g/mol. The lowest BCUT2D eigenvalue weighted by molar-refractivity contribution is -0.128. The summed E-state index contributed by atoms with van der Waals surface area (Å²) in [6.45, 7) is 8.23. The Hall–Kier alpha value is -2.12. The van der Waals surface area contributed by atoms with E-state index in [0.717, 1.165) is 51.3 Å². The minimum absolute atomic E-state index is 0.104. The molecule has 1 aromatic rings. The molecule has 0 spiro atoms. The highest BCUT2D eigenvalue weighted by atomic mass is 16.2. The van der Waals surface area contributed by atoms with E-state index in [9.17, 15) is 4.79 Å². The number of guanidine groups is 1. The van der Waals surface area contributed by atoms with E-state index in [2.05, 4.69) is 32.7 Å². The molecule has 2 heterocycles. The summed E-state index contributed by atoms with van der Waals surface area (Å²) in [5.74, 6) is 1.75. The summed E-state index contributed by atoms with van der Waals surface area (Å²) < 4.78 is 2.02. The fourth-order valence-corrected chi connectivity index (χ4v) is 2.59. The zero-order valence-corrected chi connectivity index (χ0v) is 14.1. The Morgan fingerprint density at radius 3 is 2.78 bits per heavy atom. The van der Waals surface area contributed by atoms with Crippen molar-refractivity contribution in [2.75, 3.05) is 32.7 Å². The van der Waals surface area contributed by atoms with Crippen LogP contribution in [0.2, 0.25) is 0 Å². The maximum atomic E-state index is 12.0. The topological polar surface area (TPSA) is 87.4 Å². The second-order valence-corrected chi connectivity index (χ2v) is 5.50. The number of aryl methyl sites for hydroxylation is 1. The highest BCUT2D eigenvalue weighted by Crippen LogP contribution is 2.07. The van der Waals surface area contributed by atoms with Gasteiger partial charge in [-0.3, -0.25) is 4.79 Å². The van der Waals surface area contributed by atoms with Crippen LogP contribution in [0.1, 0.15) is 32.5 Å². The number of likely N-dealkylation sites (tertiary alicyclic amines) is 1. The SMILES string of the molecule is CCNC(=NCC(=O)N1CCCC1)NCCn1cnnc1CC. The van der Waals surface area contributed by atoms with Crippen molar-refractivity contribution in [3.63, 3.8) is 0 Å². The molecule has 0 aromatic carbocycles. The first-order valence-electron chi connectivity index (χ1n) is 8.41. The molecule has 1 fully saturated rings. The smallest absolute Gasteiger partial charge is 0.244 e. The number of amides is 1. The van der Waals surface area contributed by atoms with Gasteiger partial charge in [0.2, 0.25) is 5.91 Å². The van der Waals surface area contributed by atoms with Gasteiger partial charge in [0.1, 0.15) is 18.7 Å². The number of hydrogen-bond acceptors (Lipinski definition) is 4. The summed E-state index contributed by atoms with van der Waals surface area (Å²) in [6.07, 6.45) is 4.80. The van der Waals surface area contributed by atoms with E-state index >= 15 is 0 Å². The molecule has 0 unspecified atom stereocenters. The molecule has 0 bridgehead atoms. The zero-order valence-electron chi connectivity index (χ0n) is 14.1. The Morgan fingerprint density at radius 2 is 2.09 bits per heavy atom. The van der Waals surface area contributed by atoms with Crippen LogP contribution >= 0.6 is 0 Å². The van der Waals surface area contributed by atoms with Gasteiger partial charge in [0.05, 0.1) is 0 Å². The lowest BCUT2D eigenvalue weighted by Crippen LogP contribution is -2.40. The first-order chi connectivity index (χ1) is 11.2. The molecule has 1 aliphatic heterocycles. The van der Waals surface area contributed by atoms with Crippen molar-refractivity contribution >= 4 is 11.9 Å². The van der Waals surface area contributed by atoms with Gasteiger partial charge < -0.3 is 20.1 Å². The van der Waals surface area contributed by atoms with Crippen molar-refractivity contribution in [1.29, 1.82) is 0 Å². The fourth-order valence-electron chi connectivity index (χ4n) is 2.59. The van der Waals surface area contributed by atoms with Crippen LogP contribution in [0.25, 0.3) is 0 Å². The number of hydrogen-bond donors (Lipinski definition) is 2. The van der Waals surface area contributed by atoms with Gasteiger partial charge in [0.25, 0.3) is 0 Å². The number of aromatic nitrogens is 3. The second-order valence-electron chi connectivity index (χ2n) is 5.50. The van der Waals surface area contributed by atoms with Crippen LogP contribution in [0, 0.1) is 0 Å². The number of carbonyl (C=O) groups excluding carboxylic acids is 1. The van der Waals surface area contributed by atoms with E-state index < -0.39 is 0 Å². The number of aliphatic imine (C=N–C) groups is 1. The van der Waals surface area contributed by atoms with Gasteiger partial charge >= 0.3 is 0 Å². The van der Waals surface area contributed by atoms with E-state index in [1.807, 2.05) is 16.4 Å². The molecule has 0 atom stereocenters. The molecule has 1 aliphatic rings. The van der Waals surface area contributed by atoms with E-state index in [0.29, 0.717) is 12.5 Å². The number of carbonyl (C=O) groups is 1. The van der Waals surface area contributed by atoms with Gasteiger partial charge in [-0.05, 0) is 19.8 Å². The van der Waals surface area contributed by atoms with Crippen molar-refractivity contribution in [3.8, 4) is 0 Å². The van der Waals surface area contributed by atoms with Crippen LogP contribution in [0.5, 0.6) is 0 Å². The predicted octanol–water partition coefficient (Wildman–Crippen LogP) is 0.0180. The summed E-state index contributed by atoms with van der Waals surface area (Å²) in [5, 5.41) is 14.4. The fraction of sp³-hybridized carbons (Fsp3) is 0.733. The number of nitrogens with zero attached hydrogens (tertiary/aromatic N) is 5. The van der Waals surface area contributed by atoms with Gasteiger partial charge in [-0.1, -0.05) is 6.92 Å². The third-order valence-electron chi connectivity index (χ3n) is 3.83. The lowest BCUT2D eigenvalue weighted by atomic mass is 10.4. The molecule has 8 nitrogen and oxygen atoms in total. The molecule has 1 aromatic heterocycles. The molecule has 0 radical (unpaired) electrons. The number of nitrogens with one attached hydrogen (secondary N) is 2. The quantitative estimate of drug-likeness (QED) is 0.546. The number of rotatable bonds is 7. The molecule has 2 rings (SSSR count). The van der Waals surface area contributed by atoms with Gasteiger partial charge in [0, 0.05) is 39.1 Å². The normalized spacial score (nSPS) is 15.0. The van der Waals surface area contributed by atoms with Crippen LogP contribution in [0.15, 0.2) is 11.3 Å². The lowest BCUT2D eigenvalue weighted by Gasteiger charge is -2.15. The largest absolute Gasteiger partial charge is 0.357 e. The van der Waals surface area contributed by atoms with Crippen molar-refractivity contribution in [2.24, 2.45) is 4.99 Å². The van der Waals surface area contributed by atoms with E-state index in [1.165, 1.54) is 0 Å². The molecule has 23 heavy (non-hydrogen) atoms. The molecule has 2 N–H and O–H groups in total. The van der Waals surface area contributed by atoms with Crippen molar-refractivity contribution in [1.82, 2.24) is 30.3 Å². The third kappa shape index (κ3) is 5.22. The van der Waals surface area contributed by atoms with E-state index in [-0.39, 0.29) is 12.5 Å². The second kappa shape index (κ2) is 9.12. The molecule has 0 saturated carbocycles. The molecule has 128 valence electrons. The average molecular weight is 321 g/mol. The van der Waals surface area contributed by atoms with Crippen molar-refractivity contribution in [3.05, 3.63) is 12.2 Å². The Morgan fingerprint density at radius 1 is 1.30 bits per heavy atom. The molecule has 0 aliphatic carbocycles. The van der Waals surface area contributed by atoms with Gasteiger partial charge in [-0.25, -0.2) is 4.99 Å². The highest BCUT2D eigenvalue weighted by molar-refractivity contribution is 5.85. The Labute approximate surface area is 137 Å². The van der Waals surface area contributed by atoms with Crippen LogP contribution in [0.4, 0.5) is 0 Å². The summed E-state index contributed by atoms with van der Waals surface area (Å²) in [6, 6.07) is 0. The highest BCUT2D eigenvalue weighted by Gasteiger charge is 2.17. The Balaban J connectivity index is 1.80. The molecule has 1 saturated heterocycles. The summed E-state index contributed by atoms with van der Waals surface area (Å²) in [4.78, 5) is 18.3. The Bertz CT molecular complexity index is 520. The van der Waals surface area contributed by atoms with E-state index in [4.69, 9.17) is 0 Å². The van der Waals surface area contributed by atoms with Gasteiger partial charge in [0.15, 0.2) is 5.96 Å². The molecule has 1 amide bonds. The van der Waals surface area contributed by atoms with Gasteiger partial charge in [-0.2, -0.15) is 0 Å². The Kier molecular flexibility index (Phi) is 6.83. The third-order valence-corrected chi connectivity index (χ3v) is 3.83. The molecular formula is C15H27N7O. The maximum Gasteiger partial charge on any atom is 0.244 e. The zero-order chi connectivity index (χ0) is 16.5. The van der Waals surface area contributed by atoms with Gasteiger partial charge in [-0.15, -0.1) is 10.2 Å². The average Bonchev–Trinajstić information content (AvgIpc) is 3.23. The first kappa shape index (κ1) is 17.2. The van der Waals surface area contributed by atoms with Crippen LogP contribution < -0.4 is 10.6 Å². The van der Waals surface area contributed by atoms with Crippen LogP contribution in [-0.4, -0.2) is 64.3 Å². The molecular weight excluding hydrogens is 294 g/mol. The van der Waals surface area contributed by atoms with Crippen LogP contribution in [-0.2, 0) is 17.8 Å². The van der Waals surface area contributed by atoms with Crippen molar-refractivity contribution < 1.29 is 4.79 Å².